The quantitative estimate of drug-likeness (QED) is 0.461. The summed E-state index contributed by atoms with van der Waals surface area (Å²) in [5.41, 5.74) is 1.89. The Morgan fingerprint density at radius 2 is 1.97 bits per heavy atom. The van der Waals surface area contributed by atoms with Crippen molar-refractivity contribution in [3.8, 4) is 17.0 Å². The van der Waals surface area contributed by atoms with Crippen LogP contribution in [0.2, 0.25) is 10.0 Å². The first-order valence-electron chi connectivity index (χ1n) is 9.18. The van der Waals surface area contributed by atoms with Crippen LogP contribution in [-0.4, -0.2) is 51.4 Å². The molecule has 3 rings (SSSR count). The molecule has 0 fully saturated rings. The number of ether oxygens (including phenoxy) is 1. The Kier molecular flexibility index (Phi) is 7.63. The van der Waals surface area contributed by atoms with Gasteiger partial charge in [0.2, 0.25) is 15.9 Å². The van der Waals surface area contributed by atoms with E-state index in [0.29, 0.717) is 11.4 Å². The average molecular weight is 515 g/mol. The summed E-state index contributed by atoms with van der Waals surface area (Å²) >= 11 is 13.4. The molecule has 170 valence electrons. The zero-order valence-corrected chi connectivity index (χ0v) is 20.5. The molecule has 0 bridgehead atoms. The predicted molar refractivity (Wildman–Crippen MR) is 129 cm³/mol. The van der Waals surface area contributed by atoms with Crippen LogP contribution in [0, 0.1) is 0 Å². The van der Waals surface area contributed by atoms with Gasteiger partial charge in [0.15, 0.2) is 5.13 Å². The van der Waals surface area contributed by atoms with Crippen molar-refractivity contribution in [2.75, 3.05) is 38.4 Å². The number of thiazole rings is 1. The second-order valence-electron chi connectivity index (χ2n) is 6.59. The number of carbonyl (C=O) groups is 1. The molecule has 0 radical (unpaired) electrons. The van der Waals surface area contributed by atoms with Crippen molar-refractivity contribution in [2.24, 2.45) is 0 Å². The maximum Gasteiger partial charge on any atom is 0.244 e. The van der Waals surface area contributed by atoms with Crippen LogP contribution in [0.25, 0.3) is 11.3 Å². The number of nitrogens with zero attached hydrogens (tertiary/aromatic N) is 2. The van der Waals surface area contributed by atoms with Crippen molar-refractivity contribution in [3.05, 3.63) is 51.8 Å². The molecule has 0 saturated carbocycles. The normalized spacial score (nSPS) is 11.4. The van der Waals surface area contributed by atoms with Gasteiger partial charge in [-0.2, -0.15) is 4.31 Å². The topological polar surface area (TPSA) is 101 Å². The van der Waals surface area contributed by atoms with Gasteiger partial charge in [0.1, 0.15) is 10.6 Å². The SMILES string of the molecule is CNc1nc(-c2ccc(OC)c(NC(=O)CN(C)S(=O)(=O)c3cc(Cl)ccc3Cl)c2)cs1. The van der Waals surface area contributed by atoms with Gasteiger partial charge in [-0.1, -0.05) is 23.2 Å². The van der Waals surface area contributed by atoms with E-state index in [1.807, 2.05) is 11.4 Å². The van der Waals surface area contributed by atoms with E-state index in [-0.39, 0.29) is 14.9 Å². The van der Waals surface area contributed by atoms with E-state index < -0.39 is 22.5 Å². The van der Waals surface area contributed by atoms with Crippen molar-refractivity contribution in [1.82, 2.24) is 9.29 Å². The Morgan fingerprint density at radius 1 is 1.22 bits per heavy atom. The number of benzene rings is 2. The maximum atomic E-state index is 12.9. The minimum Gasteiger partial charge on any atom is -0.495 e. The van der Waals surface area contributed by atoms with Gasteiger partial charge in [0.05, 0.1) is 30.1 Å². The number of rotatable bonds is 8. The third kappa shape index (κ3) is 5.33. The minimum absolute atomic E-state index is 0.0141. The molecule has 1 aromatic heterocycles. The standard InChI is InChI=1S/C20H20Cl2N4O4S2/c1-23-20-25-16(11-31-20)12-4-7-17(30-3)15(8-12)24-19(27)10-26(2)32(28,29)18-9-13(21)5-6-14(18)22/h4-9,11H,10H2,1-3H3,(H,23,25)(H,24,27). The summed E-state index contributed by atoms with van der Waals surface area (Å²) in [5, 5.41) is 8.55. The van der Waals surface area contributed by atoms with Gasteiger partial charge < -0.3 is 15.4 Å². The Hall–Kier alpha value is -2.37. The molecule has 0 aliphatic carbocycles. The van der Waals surface area contributed by atoms with Crippen molar-refractivity contribution in [1.29, 1.82) is 0 Å². The first-order valence-corrected chi connectivity index (χ1v) is 12.3. The van der Waals surface area contributed by atoms with Crippen molar-refractivity contribution < 1.29 is 17.9 Å². The summed E-state index contributed by atoms with van der Waals surface area (Å²) in [6, 6.07) is 9.35. The highest BCUT2D eigenvalue weighted by Gasteiger charge is 2.26. The fraction of sp³-hybridized carbons (Fsp3) is 0.200. The number of methoxy groups -OCH3 is 1. The van der Waals surface area contributed by atoms with Crippen LogP contribution in [0.1, 0.15) is 0 Å². The van der Waals surface area contributed by atoms with E-state index in [4.69, 9.17) is 27.9 Å². The predicted octanol–water partition coefficient (Wildman–Crippen LogP) is 4.43. The number of anilines is 2. The molecule has 2 N–H and O–H groups in total. The first kappa shape index (κ1) is 24.3. The second-order valence-corrected chi connectivity index (χ2v) is 10.3. The van der Waals surface area contributed by atoms with Crippen LogP contribution < -0.4 is 15.4 Å². The van der Waals surface area contributed by atoms with Crippen LogP contribution in [0.15, 0.2) is 46.7 Å². The summed E-state index contributed by atoms with van der Waals surface area (Å²) in [5.74, 6) is -0.131. The van der Waals surface area contributed by atoms with Crippen LogP contribution in [0.4, 0.5) is 10.8 Å². The molecule has 0 atom stereocenters. The number of likely N-dealkylation sites (N-methyl/N-ethyl adjacent to an activating group) is 1. The highest BCUT2D eigenvalue weighted by Crippen LogP contribution is 2.32. The van der Waals surface area contributed by atoms with Crippen molar-refractivity contribution >= 4 is 61.3 Å². The highest BCUT2D eigenvalue weighted by atomic mass is 35.5. The fourth-order valence-electron chi connectivity index (χ4n) is 2.81. The molecular weight excluding hydrogens is 495 g/mol. The highest BCUT2D eigenvalue weighted by molar-refractivity contribution is 7.89. The summed E-state index contributed by atoms with van der Waals surface area (Å²) in [7, 11) is 0.507. The molecule has 0 aliphatic rings. The summed E-state index contributed by atoms with van der Waals surface area (Å²) in [6.07, 6.45) is 0. The summed E-state index contributed by atoms with van der Waals surface area (Å²) in [6.45, 7) is -0.445. The van der Waals surface area contributed by atoms with Gasteiger partial charge in [0, 0.05) is 30.1 Å². The molecule has 0 unspecified atom stereocenters. The van der Waals surface area contributed by atoms with Crippen molar-refractivity contribution in [3.63, 3.8) is 0 Å². The lowest BCUT2D eigenvalue weighted by Gasteiger charge is -2.18. The van der Waals surface area contributed by atoms with Gasteiger partial charge in [-0.3, -0.25) is 4.79 Å². The van der Waals surface area contributed by atoms with E-state index in [0.717, 1.165) is 20.7 Å². The molecular formula is C20H20Cl2N4O4S2. The lowest BCUT2D eigenvalue weighted by Crippen LogP contribution is -2.35. The number of halogens is 2. The number of hydrogen-bond donors (Lipinski definition) is 2. The number of carbonyl (C=O) groups excluding carboxylic acids is 1. The van der Waals surface area contributed by atoms with Crippen LogP contribution >= 0.6 is 34.5 Å². The van der Waals surface area contributed by atoms with Gasteiger partial charge in [-0.05, 0) is 36.4 Å². The molecule has 12 heteroatoms. The zero-order valence-electron chi connectivity index (χ0n) is 17.3. The second kappa shape index (κ2) is 10.1. The molecule has 8 nitrogen and oxygen atoms in total. The van der Waals surface area contributed by atoms with E-state index >= 15 is 0 Å². The smallest absolute Gasteiger partial charge is 0.244 e. The Labute approximate surface area is 200 Å². The molecule has 1 amide bonds. The van der Waals surface area contributed by atoms with Gasteiger partial charge in [-0.25, -0.2) is 13.4 Å². The number of amides is 1. The number of nitrogens with one attached hydrogen (secondary N) is 2. The lowest BCUT2D eigenvalue weighted by molar-refractivity contribution is -0.116. The largest absolute Gasteiger partial charge is 0.495 e. The molecule has 1 heterocycles. The van der Waals surface area contributed by atoms with Gasteiger partial charge in [0.25, 0.3) is 0 Å². The minimum atomic E-state index is -4.04. The Morgan fingerprint density at radius 3 is 2.62 bits per heavy atom. The van der Waals surface area contributed by atoms with Gasteiger partial charge >= 0.3 is 0 Å². The van der Waals surface area contributed by atoms with Crippen molar-refractivity contribution in [2.45, 2.75) is 4.90 Å². The number of hydrogen-bond acceptors (Lipinski definition) is 7. The van der Waals surface area contributed by atoms with Gasteiger partial charge in [-0.15, -0.1) is 11.3 Å². The van der Waals surface area contributed by atoms with Crippen LogP contribution in [0.3, 0.4) is 0 Å². The maximum absolute atomic E-state index is 12.9. The zero-order chi connectivity index (χ0) is 23.5. The lowest BCUT2D eigenvalue weighted by atomic mass is 10.1. The molecule has 0 aliphatic heterocycles. The van der Waals surface area contributed by atoms with E-state index in [1.165, 1.54) is 43.7 Å². The third-order valence-electron chi connectivity index (χ3n) is 4.44. The third-order valence-corrected chi connectivity index (χ3v) is 7.81. The van der Waals surface area contributed by atoms with Crippen LogP contribution in [0.5, 0.6) is 5.75 Å². The first-order chi connectivity index (χ1) is 15.1. The summed E-state index contributed by atoms with van der Waals surface area (Å²) in [4.78, 5) is 16.9. The molecule has 3 aromatic rings. The Balaban J connectivity index is 1.80. The Bertz CT molecular complexity index is 1250. The van der Waals surface area contributed by atoms with Crippen LogP contribution in [-0.2, 0) is 14.8 Å². The number of sulfonamides is 1. The van der Waals surface area contributed by atoms with E-state index in [2.05, 4.69) is 15.6 Å². The van der Waals surface area contributed by atoms with E-state index in [9.17, 15) is 13.2 Å². The molecule has 2 aromatic carbocycles. The average Bonchev–Trinajstić information content (AvgIpc) is 3.24. The van der Waals surface area contributed by atoms with E-state index in [1.54, 1.807) is 19.2 Å². The molecule has 32 heavy (non-hydrogen) atoms. The monoisotopic (exact) mass is 514 g/mol. The molecule has 0 saturated heterocycles. The number of aromatic nitrogens is 1. The molecule has 0 spiro atoms. The summed E-state index contributed by atoms with van der Waals surface area (Å²) < 4.78 is 31.9. The fourth-order valence-corrected chi connectivity index (χ4v) is 5.35.